The van der Waals surface area contributed by atoms with Crippen molar-refractivity contribution in [2.75, 3.05) is 14.2 Å². The van der Waals surface area contributed by atoms with Crippen LogP contribution in [0.1, 0.15) is 25.7 Å². The molecule has 0 atom stereocenters. The second-order valence-electron chi connectivity index (χ2n) is 3.46. The summed E-state index contributed by atoms with van der Waals surface area (Å²) in [4.78, 5) is 21.9. The van der Waals surface area contributed by atoms with Gasteiger partial charge in [-0.3, -0.25) is 9.59 Å². The van der Waals surface area contributed by atoms with E-state index >= 15 is 0 Å². The molecule has 0 aliphatic heterocycles. The van der Waals surface area contributed by atoms with Crippen LogP contribution < -0.4 is 0 Å². The van der Waals surface area contributed by atoms with Gasteiger partial charge in [-0.1, -0.05) is 0 Å². The highest BCUT2D eigenvalue weighted by Crippen LogP contribution is 2.28. The summed E-state index contributed by atoms with van der Waals surface area (Å²) in [5.41, 5.74) is -1.34. The van der Waals surface area contributed by atoms with E-state index in [2.05, 4.69) is 9.47 Å². The van der Waals surface area contributed by atoms with Crippen LogP contribution in [0.2, 0.25) is 0 Å². The largest absolute Gasteiger partial charge is 0.469 e. The summed E-state index contributed by atoms with van der Waals surface area (Å²) in [6, 6.07) is 3.69. The molecular formula is C11H14N2O4. The highest BCUT2D eigenvalue weighted by atomic mass is 16.5. The molecule has 0 unspecified atom stereocenters. The Bertz CT molecular complexity index is 329. The molecule has 0 rings (SSSR count). The number of nitriles is 2. The lowest BCUT2D eigenvalue weighted by molar-refractivity contribution is -0.141. The predicted molar refractivity (Wildman–Crippen MR) is 56.2 cm³/mol. The van der Waals surface area contributed by atoms with E-state index in [0.29, 0.717) is 0 Å². The number of carbonyl (C=O) groups excluding carboxylic acids is 2. The second kappa shape index (κ2) is 7.24. The summed E-state index contributed by atoms with van der Waals surface area (Å²) in [5.74, 6) is -0.976. The molecule has 0 aromatic rings. The molecule has 17 heavy (non-hydrogen) atoms. The number of hydrogen-bond donors (Lipinski definition) is 0. The smallest absolute Gasteiger partial charge is 0.305 e. The van der Waals surface area contributed by atoms with Crippen molar-refractivity contribution in [2.45, 2.75) is 25.7 Å². The lowest BCUT2D eigenvalue weighted by atomic mass is 9.82. The number of rotatable bonds is 6. The zero-order valence-electron chi connectivity index (χ0n) is 9.86. The Morgan fingerprint density at radius 1 is 1.00 bits per heavy atom. The van der Waals surface area contributed by atoms with E-state index in [0.717, 1.165) is 0 Å². The van der Waals surface area contributed by atoms with Crippen LogP contribution in [0.15, 0.2) is 0 Å². The van der Waals surface area contributed by atoms with E-state index in [-0.39, 0.29) is 25.7 Å². The fourth-order valence-corrected chi connectivity index (χ4v) is 1.21. The molecule has 0 bridgehead atoms. The number of nitrogens with zero attached hydrogens (tertiary/aromatic N) is 2. The maximum absolute atomic E-state index is 11.0. The van der Waals surface area contributed by atoms with Gasteiger partial charge in [0.05, 0.1) is 26.4 Å². The highest BCUT2D eigenvalue weighted by molar-refractivity contribution is 5.70. The zero-order valence-corrected chi connectivity index (χ0v) is 9.86. The molecule has 0 saturated carbocycles. The predicted octanol–water partition coefficient (Wildman–Crippen LogP) is 0.926. The van der Waals surface area contributed by atoms with E-state index in [1.807, 2.05) is 12.1 Å². The lowest BCUT2D eigenvalue weighted by Gasteiger charge is -2.16. The van der Waals surface area contributed by atoms with Crippen molar-refractivity contribution in [3.8, 4) is 12.1 Å². The van der Waals surface area contributed by atoms with Gasteiger partial charge in [-0.05, 0) is 12.8 Å². The molecule has 6 nitrogen and oxygen atoms in total. The van der Waals surface area contributed by atoms with Gasteiger partial charge in [0.2, 0.25) is 0 Å². The normalized spacial score (nSPS) is 9.88. The number of hydrogen-bond acceptors (Lipinski definition) is 6. The van der Waals surface area contributed by atoms with Gasteiger partial charge < -0.3 is 9.47 Å². The Hall–Kier alpha value is -2.08. The Kier molecular flexibility index (Phi) is 6.35. The third-order valence-electron chi connectivity index (χ3n) is 2.40. The minimum absolute atomic E-state index is 0.0290. The number of esters is 2. The summed E-state index contributed by atoms with van der Waals surface area (Å²) < 4.78 is 8.86. The fraction of sp³-hybridized carbons (Fsp3) is 0.636. The summed E-state index contributed by atoms with van der Waals surface area (Å²) in [6.45, 7) is 0. The summed E-state index contributed by atoms with van der Waals surface area (Å²) in [6.07, 6.45) is 0.0327. The van der Waals surface area contributed by atoms with Crippen molar-refractivity contribution in [2.24, 2.45) is 5.41 Å². The summed E-state index contributed by atoms with van der Waals surface area (Å²) >= 11 is 0. The Morgan fingerprint density at radius 2 is 1.35 bits per heavy atom. The van der Waals surface area contributed by atoms with Gasteiger partial charge >= 0.3 is 11.9 Å². The Balaban J connectivity index is 4.48. The number of ether oxygens (including phenoxy) is 2. The van der Waals surface area contributed by atoms with Crippen LogP contribution in [0.4, 0.5) is 0 Å². The van der Waals surface area contributed by atoms with E-state index in [1.54, 1.807) is 0 Å². The molecule has 0 aromatic heterocycles. The monoisotopic (exact) mass is 238 g/mol. The van der Waals surface area contributed by atoms with Crippen LogP contribution in [-0.4, -0.2) is 26.2 Å². The SMILES string of the molecule is COC(=O)CCC(C#N)(C#N)CCC(=O)OC. The average Bonchev–Trinajstić information content (AvgIpc) is 2.38. The molecule has 0 spiro atoms. The molecule has 0 N–H and O–H groups in total. The first kappa shape index (κ1) is 14.9. The van der Waals surface area contributed by atoms with Crippen molar-refractivity contribution in [3.05, 3.63) is 0 Å². The van der Waals surface area contributed by atoms with Gasteiger partial charge in [0, 0.05) is 12.8 Å². The van der Waals surface area contributed by atoms with Crippen molar-refractivity contribution >= 4 is 11.9 Å². The van der Waals surface area contributed by atoms with E-state index in [1.165, 1.54) is 14.2 Å². The summed E-state index contributed by atoms with van der Waals surface area (Å²) in [7, 11) is 2.47. The summed E-state index contributed by atoms with van der Waals surface area (Å²) in [5, 5.41) is 17.9. The standard InChI is InChI=1S/C11H14N2O4/c1-16-9(14)3-5-11(7-12,8-13)6-4-10(15)17-2/h3-6H2,1-2H3. The van der Waals surface area contributed by atoms with Gasteiger partial charge in [-0.15, -0.1) is 0 Å². The van der Waals surface area contributed by atoms with Crippen LogP contribution in [-0.2, 0) is 19.1 Å². The zero-order chi connectivity index (χ0) is 13.3. The van der Waals surface area contributed by atoms with E-state index in [4.69, 9.17) is 10.5 Å². The fourth-order valence-electron chi connectivity index (χ4n) is 1.21. The molecule has 0 aliphatic carbocycles. The number of carbonyl (C=O) groups is 2. The van der Waals surface area contributed by atoms with Gasteiger partial charge in [0.25, 0.3) is 0 Å². The minimum Gasteiger partial charge on any atom is -0.469 e. The van der Waals surface area contributed by atoms with Crippen LogP contribution in [0.25, 0.3) is 0 Å². The lowest BCUT2D eigenvalue weighted by Crippen LogP contribution is -2.20. The van der Waals surface area contributed by atoms with Crippen LogP contribution in [0.5, 0.6) is 0 Å². The second-order valence-corrected chi connectivity index (χ2v) is 3.46. The van der Waals surface area contributed by atoms with Crippen LogP contribution >= 0.6 is 0 Å². The molecule has 92 valence electrons. The third-order valence-corrected chi connectivity index (χ3v) is 2.40. The highest BCUT2D eigenvalue weighted by Gasteiger charge is 2.31. The molecule has 0 aromatic carbocycles. The molecule has 0 fully saturated rings. The first-order chi connectivity index (χ1) is 8.03. The molecule has 0 saturated heterocycles. The molecular weight excluding hydrogens is 224 g/mol. The Morgan fingerprint density at radius 3 is 1.59 bits per heavy atom. The van der Waals surface area contributed by atoms with Crippen LogP contribution in [0.3, 0.4) is 0 Å². The van der Waals surface area contributed by atoms with Gasteiger partial charge in [-0.2, -0.15) is 10.5 Å². The first-order valence-electron chi connectivity index (χ1n) is 4.99. The van der Waals surface area contributed by atoms with E-state index < -0.39 is 17.4 Å². The maximum Gasteiger partial charge on any atom is 0.305 e. The molecule has 0 radical (unpaired) electrons. The number of methoxy groups -OCH3 is 2. The topological polar surface area (TPSA) is 100 Å². The van der Waals surface area contributed by atoms with E-state index in [9.17, 15) is 9.59 Å². The van der Waals surface area contributed by atoms with Crippen molar-refractivity contribution in [3.63, 3.8) is 0 Å². The Labute approximate surface area is 99.7 Å². The average molecular weight is 238 g/mol. The van der Waals surface area contributed by atoms with Crippen LogP contribution in [0, 0.1) is 28.1 Å². The minimum atomic E-state index is -1.34. The maximum atomic E-state index is 11.0. The molecule has 0 amide bonds. The first-order valence-corrected chi connectivity index (χ1v) is 4.99. The molecule has 6 heteroatoms. The van der Waals surface area contributed by atoms with Gasteiger partial charge in [0.15, 0.2) is 0 Å². The molecule has 0 heterocycles. The van der Waals surface area contributed by atoms with Gasteiger partial charge in [0.1, 0.15) is 5.41 Å². The third kappa shape index (κ3) is 4.98. The quantitative estimate of drug-likeness (QED) is 0.638. The van der Waals surface area contributed by atoms with Crippen molar-refractivity contribution in [1.29, 1.82) is 10.5 Å². The van der Waals surface area contributed by atoms with Gasteiger partial charge in [-0.25, -0.2) is 0 Å². The molecule has 0 aliphatic rings. The van der Waals surface area contributed by atoms with Crippen molar-refractivity contribution in [1.82, 2.24) is 0 Å². The van der Waals surface area contributed by atoms with Crippen molar-refractivity contribution < 1.29 is 19.1 Å².